The normalized spacial score (nSPS) is 26.0. The van der Waals surface area contributed by atoms with Crippen LogP contribution in [0.4, 0.5) is 17.6 Å². The first kappa shape index (κ1) is 26.1. The molecule has 37 heavy (non-hydrogen) atoms. The molecule has 0 unspecified atom stereocenters. The second kappa shape index (κ2) is 9.99. The van der Waals surface area contributed by atoms with Gasteiger partial charge in [0.25, 0.3) is 0 Å². The number of nitrogens with one attached hydrogen (secondary N) is 2. The van der Waals surface area contributed by atoms with Crippen LogP contribution in [0, 0.1) is 6.92 Å². The third kappa shape index (κ3) is 5.53. The smallest absolute Gasteiger partial charge is 0.227 e. The summed E-state index contributed by atoms with van der Waals surface area (Å²) in [6.45, 7) is 8.46. The lowest BCUT2D eigenvalue weighted by Gasteiger charge is -2.49. The maximum atomic E-state index is 12.9. The van der Waals surface area contributed by atoms with Crippen LogP contribution in [0.5, 0.6) is 0 Å². The Balaban J connectivity index is 1.47. The van der Waals surface area contributed by atoms with Crippen molar-refractivity contribution in [2.75, 3.05) is 29.6 Å². The van der Waals surface area contributed by atoms with Crippen molar-refractivity contribution < 1.29 is 13.2 Å². The highest BCUT2D eigenvalue weighted by molar-refractivity contribution is 7.89. The van der Waals surface area contributed by atoms with Crippen LogP contribution in [-0.4, -0.2) is 76.0 Å². The van der Waals surface area contributed by atoms with E-state index in [-0.39, 0.29) is 29.5 Å². The summed E-state index contributed by atoms with van der Waals surface area (Å²) in [5.74, 6) is 2.16. The van der Waals surface area contributed by atoms with Crippen LogP contribution in [0.25, 0.3) is 5.57 Å². The Hall–Kier alpha value is -2.50. The Bertz CT molecular complexity index is 1260. The lowest BCUT2D eigenvalue weighted by atomic mass is 9.83. The largest absolute Gasteiger partial charge is 0.371 e. The summed E-state index contributed by atoms with van der Waals surface area (Å²) >= 11 is 0. The molecule has 2 aromatic heterocycles. The van der Waals surface area contributed by atoms with Crippen molar-refractivity contribution in [2.45, 2.75) is 89.9 Å². The van der Waals surface area contributed by atoms with Gasteiger partial charge in [-0.05, 0) is 71.4 Å². The quantitative estimate of drug-likeness (QED) is 0.553. The number of hydrogen-bond acceptors (Lipinski definition) is 8. The minimum Gasteiger partial charge on any atom is -0.371 e. The molecule has 11 heteroatoms. The SMILES string of the molecule is CCS(=O)(=O)N1[C@@H]2CCC[C@H]1C[C@@H](N(C)c1nc(Nc3cc(C)[nH]n3)cc(C3=CC(C)(C)OCC3)n1)C2. The van der Waals surface area contributed by atoms with Crippen LogP contribution in [0.2, 0.25) is 0 Å². The third-order valence-electron chi connectivity index (χ3n) is 7.80. The molecule has 0 aromatic carbocycles. The summed E-state index contributed by atoms with van der Waals surface area (Å²) in [6.07, 6.45) is 7.39. The predicted octanol–water partition coefficient (Wildman–Crippen LogP) is 4.01. The fourth-order valence-corrected chi connectivity index (χ4v) is 7.58. The number of aryl methyl sites for hydroxylation is 1. The highest BCUT2D eigenvalue weighted by Crippen LogP contribution is 2.39. The molecule has 0 spiro atoms. The van der Waals surface area contributed by atoms with Crippen LogP contribution in [0.3, 0.4) is 0 Å². The molecule has 3 aliphatic heterocycles. The Labute approximate surface area is 219 Å². The van der Waals surface area contributed by atoms with Crippen molar-refractivity contribution >= 4 is 33.2 Å². The molecule has 3 atom stereocenters. The molecule has 0 radical (unpaired) electrons. The molecule has 202 valence electrons. The van der Waals surface area contributed by atoms with Crippen molar-refractivity contribution in [3.05, 3.63) is 29.6 Å². The molecular weight excluding hydrogens is 490 g/mol. The highest BCUT2D eigenvalue weighted by Gasteiger charge is 2.45. The van der Waals surface area contributed by atoms with E-state index < -0.39 is 10.0 Å². The third-order valence-corrected chi connectivity index (χ3v) is 9.77. The summed E-state index contributed by atoms with van der Waals surface area (Å²) in [5.41, 5.74) is 2.61. The zero-order valence-electron chi connectivity index (χ0n) is 22.5. The second-order valence-electron chi connectivity index (χ2n) is 11.1. The van der Waals surface area contributed by atoms with E-state index in [9.17, 15) is 8.42 Å². The first-order chi connectivity index (χ1) is 17.5. The fourth-order valence-electron chi connectivity index (χ4n) is 5.99. The first-order valence-corrected chi connectivity index (χ1v) is 14.9. The molecule has 2 bridgehead atoms. The molecular formula is C26H39N7O3S. The molecule has 2 N–H and O–H groups in total. The number of aromatic nitrogens is 4. The minimum absolute atomic E-state index is 0.0386. The van der Waals surface area contributed by atoms with Crippen molar-refractivity contribution in [1.29, 1.82) is 0 Å². The van der Waals surface area contributed by atoms with Gasteiger partial charge in [0.15, 0.2) is 5.82 Å². The molecule has 0 amide bonds. The fraction of sp³-hybridized carbons (Fsp3) is 0.654. The zero-order chi connectivity index (χ0) is 26.4. The molecule has 5 rings (SSSR count). The van der Waals surface area contributed by atoms with Crippen LogP contribution in [0.15, 0.2) is 18.2 Å². The summed E-state index contributed by atoms with van der Waals surface area (Å²) in [6, 6.07) is 4.15. The molecule has 10 nitrogen and oxygen atoms in total. The topological polar surface area (TPSA) is 116 Å². The van der Waals surface area contributed by atoms with Gasteiger partial charge in [-0.15, -0.1) is 0 Å². The van der Waals surface area contributed by atoms with E-state index in [0.29, 0.717) is 24.2 Å². The van der Waals surface area contributed by atoms with E-state index in [1.165, 1.54) is 0 Å². The Morgan fingerprint density at radius 2 is 1.92 bits per heavy atom. The Morgan fingerprint density at radius 1 is 1.19 bits per heavy atom. The van der Waals surface area contributed by atoms with Crippen molar-refractivity contribution in [3.8, 4) is 0 Å². The van der Waals surface area contributed by atoms with E-state index in [0.717, 1.165) is 55.5 Å². The Morgan fingerprint density at radius 3 is 2.54 bits per heavy atom. The number of rotatable bonds is 7. The number of hydrogen-bond donors (Lipinski definition) is 2. The van der Waals surface area contributed by atoms with Gasteiger partial charge in [0.1, 0.15) is 5.82 Å². The van der Waals surface area contributed by atoms with E-state index in [2.05, 4.69) is 40.3 Å². The van der Waals surface area contributed by atoms with Gasteiger partial charge in [-0.3, -0.25) is 5.10 Å². The Kier molecular flexibility index (Phi) is 7.06. The molecule has 2 saturated heterocycles. The predicted molar refractivity (Wildman–Crippen MR) is 145 cm³/mol. The standard InChI is InChI=1S/C26H39N7O3S/c1-6-37(34,35)33-19-8-7-9-20(33)14-21(13-19)32(5)25-27-22(18-10-11-36-26(3,4)16-18)15-23(29-25)28-24-12-17(2)30-31-24/h12,15-16,19-21H,6-11,13-14H2,1-5H3,(H2,27,28,29,30,31)/t19-,20+,21+. The highest BCUT2D eigenvalue weighted by atomic mass is 32.2. The second-order valence-corrected chi connectivity index (χ2v) is 13.2. The van der Waals surface area contributed by atoms with Crippen LogP contribution < -0.4 is 10.2 Å². The summed E-state index contributed by atoms with van der Waals surface area (Å²) in [7, 11) is -1.19. The average molecular weight is 530 g/mol. The lowest BCUT2D eigenvalue weighted by Crippen LogP contribution is -2.58. The van der Waals surface area contributed by atoms with Crippen LogP contribution in [-0.2, 0) is 14.8 Å². The first-order valence-electron chi connectivity index (χ1n) is 13.3. The molecule has 0 saturated carbocycles. The van der Waals surface area contributed by atoms with Gasteiger partial charge in [-0.25, -0.2) is 13.4 Å². The minimum atomic E-state index is -3.22. The van der Waals surface area contributed by atoms with Gasteiger partial charge in [0.2, 0.25) is 16.0 Å². The van der Waals surface area contributed by atoms with Gasteiger partial charge in [-0.1, -0.05) is 6.42 Å². The lowest BCUT2D eigenvalue weighted by molar-refractivity contribution is 0.0164. The molecule has 2 aromatic rings. The van der Waals surface area contributed by atoms with Crippen LogP contribution >= 0.6 is 0 Å². The maximum absolute atomic E-state index is 12.9. The number of ether oxygens (including phenoxy) is 1. The van der Waals surface area contributed by atoms with Gasteiger partial charge in [-0.2, -0.15) is 14.4 Å². The van der Waals surface area contributed by atoms with E-state index >= 15 is 0 Å². The number of piperidine rings is 2. The number of H-pyrrole nitrogens is 1. The summed E-state index contributed by atoms with van der Waals surface area (Å²) in [4.78, 5) is 12.0. The number of anilines is 3. The van der Waals surface area contributed by atoms with Gasteiger partial charge >= 0.3 is 0 Å². The number of fused-ring (bicyclic) bond motifs is 2. The van der Waals surface area contributed by atoms with E-state index in [1.807, 2.05) is 30.4 Å². The van der Waals surface area contributed by atoms with Gasteiger partial charge < -0.3 is 15.0 Å². The number of nitrogens with zero attached hydrogens (tertiary/aromatic N) is 5. The summed E-state index contributed by atoms with van der Waals surface area (Å²) < 4.78 is 33.4. The molecule has 3 aliphatic rings. The van der Waals surface area contributed by atoms with Crippen molar-refractivity contribution in [1.82, 2.24) is 24.5 Å². The molecule has 0 aliphatic carbocycles. The van der Waals surface area contributed by atoms with E-state index in [1.54, 1.807) is 6.92 Å². The van der Waals surface area contributed by atoms with Crippen molar-refractivity contribution in [3.63, 3.8) is 0 Å². The van der Waals surface area contributed by atoms with Gasteiger partial charge in [0.05, 0.1) is 23.7 Å². The number of aromatic amines is 1. The molecule has 2 fully saturated rings. The zero-order valence-corrected chi connectivity index (χ0v) is 23.3. The van der Waals surface area contributed by atoms with Crippen molar-refractivity contribution in [2.24, 2.45) is 0 Å². The molecule has 5 heterocycles. The van der Waals surface area contributed by atoms with Gasteiger partial charge in [0, 0.05) is 43.0 Å². The maximum Gasteiger partial charge on any atom is 0.227 e. The monoisotopic (exact) mass is 529 g/mol. The summed E-state index contributed by atoms with van der Waals surface area (Å²) in [5, 5.41) is 10.6. The van der Waals surface area contributed by atoms with E-state index in [4.69, 9.17) is 14.7 Å². The average Bonchev–Trinajstić information content (AvgIpc) is 3.26. The number of sulfonamides is 1. The van der Waals surface area contributed by atoms with Crippen LogP contribution in [0.1, 0.15) is 70.7 Å².